The number of fused-ring (bicyclic) bond motifs is 4. The SMILES string of the molecule is Oc1cccc(C2c3[nH]c4ccccc4c3CCN2Cc2ccc3c(c2)OCCO3)c1. The van der Waals surface area contributed by atoms with Crippen LogP contribution in [0.1, 0.15) is 28.4 Å². The molecule has 2 N–H and O–H groups in total. The maximum Gasteiger partial charge on any atom is 0.161 e. The predicted octanol–water partition coefficient (Wildman–Crippen LogP) is 4.79. The molecule has 0 radical (unpaired) electrons. The van der Waals surface area contributed by atoms with E-state index in [1.165, 1.54) is 27.7 Å². The van der Waals surface area contributed by atoms with Crippen molar-refractivity contribution in [1.29, 1.82) is 0 Å². The largest absolute Gasteiger partial charge is 0.508 e. The standard InChI is InChI=1S/C26H24N2O3/c29-19-5-3-4-18(15-19)26-25-21(20-6-1-2-7-22(20)27-25)10-11-28(26)16-17-8-9-23-24(14-17)31-13-12-30-23/h1-9,14-15,26-27,29H,10-13,16H2. The summed E-state index contributed by atoms with van der Waals surface area (Å²) in [5.74, 6) is 1.93. The highest BCUT2D eigenvalue weighted by atomic mass is 16.6. The zero-order valence-electron chi connectivity index (χ0n) is 17.2. The molecule has 1 atom stereocenters. The van der Waals surface area contributed by atoms with Gasteiger partial charge in [0.2, 0.25) is 0 Å². The van der Waals surface area contributed by atoms with Crippen molar-refractivity contribution in [2.24, 2.45) is 0 Å². The van der Waals surface area contributed by atoms with E-state index in [0.717, 1.165) is 36.6 Å². The van der Waals surface area contributed by atoms with Crippen LogP contribution in [0.2, 0.25) is 0 Å². The van der Waals surface area contributed by atoms with Gasteiger partial charge in [0.1, 0.15) is 19.0 Å². The van der Waals surface area contributed by atoms with E-state index < -0.39 is 0 Å². The average molecular weight is 412 g/mol. The summed E-state index contributed by atoms with van der Waals surface area (Å²) in [6.07, 6.45) is 0.985. The summed E-state index contributed by atoms with van der Waals surface area (Å²) in [6.45, 7) is 2.90. The highest BCUT2D eigenvalue weighted by Crippen LogP contribution is 2.40. The normalized spacial score (nSPS) is 18.1. The fourth-order valence-electron chi connectivity index (χ4n) is 4.95. The zero-order chi connectivity index (χ0) is 20.8. The second-order valence-electron chi connectivity index (χ2n) is 8.26. The van der Waals surface area contributed by atoms with E-state index in [9.17, 15) is 5.11 Å². The van der Waals surface area contributed by atoms with Crippen LogP contribution in [0.4, 0.5) is 0 Å². The lowest BCUT2D eigenvalue weighted by Gasteiger charge is -2.36. The number of H-pyrrole nitrogens is 1. The van der Waals surface area contributed by atoms with Gasteiger partial charge in [0.05, 0.1) is 6.04 Å². The molecule has 2 aliphatic heterocycles. The number of aromatic nitrogens is 1. The van der Waals surface area contributed by atoms with Crippen molar-refractivity contribution in [1.82, 2.24) is 9.88 Å². The molecule has 3 aromatic carbocycles. The van der Waals surface area contributed by atoms with Crippen LogP contribution in [0, 0.1) is 0 Å². The molecular formula is C26H24N2O3. The summed E-state index contributed by atoms with van der Waals surface area (Å²) in [7, 11) is 0. The molecule has 156 valence electrons. The van der Waals surface area contributed by atoms with E-state index in [1.807, 2.05) is 18.2 Å². The van der Waals surface area contributed by atoms with Gasteiger partial charge in [-0.2, -0.15) is 0 Å². The van der Waals surface area contributed by atoms with Gasteiger partial charge in [-0.15, -0.1) is 0 Å². The molecule has 31 heavy (non-hydrogen) atoms. The Hall–Kier alpha value is -3.44. The number of aromatic amines is 1. The lowest BCUT2D eigenvalue weighted by Crippen LogP contribution is -2.35. The smallest absolute Gasteiger partial charge is 0.161 e. The zero-order valence-corrected chi connectivity index (χ0v) is 17.2. The van der Waals surface area contributed by atoms with Crippen LogP contribution in [0.5, 0.6) is 17.2 Å². The van der Waals surface area contributed by atoms with E-state index in [2.05, 4.69) is 52.3 Å². The average Bonchev–Trinajstić information content (AvgIpc) is 3.17. The Kier molecular flexibility index (Phi) is 4.35. The van der Waals surface area contributed by atoms with E-state index >= 15 is 0 Å². The van der Waals surface area contributed by atoms with Crippen molar-refractivity contribution in [3.8, 4) is 17.2 Å². The van der Waals surface area contributed by atoms with E-state index in [0.29, 0.717) is 19.0 Å². The first-order valence-electron chi connectivity index (χ1n) is 10.8. The molecule has 0 amide bonds. The molecule has 0 aliphatic carbocycles. The number of nitrogens with zero attached hydrogens (tertiary/aromatic N) is 1. The maximum absolute atomic E-state index is 10.2. The number of rotatable bonds is 3. The summed E-state index contributed by atoms with van der Waals surface area (Å²) in [5, 5.41) is 11.5. The van der Waals surface area contributed by atoms with Crippen LogP contribution in [0.25, 0.3) is 10.9 Å². The number of phenolic OH excluding ortho intramolecular Hbond substituents is 1. The van der Waals surface area contributed by atoms with Gasteiger partial charge in [-0.1, -0.05) is 36.4 Å². The van der Waals surface area contributed by atoms with Crippen molar-refractivity contribution in [2.45, 2.75) is 19.0 Å². The molecule has 1 aromatic heterocycles. The van der Waals surface area contributed by atoms with Gasteiger partial charge in [-0.3, -0.25) is 4.90 Å². The fourth-order valence-corrected chi connectivity index (χ4v) is 4.95. The summed E-state index contributed by atoms with van der Waals surface area (Å²) >= 11 is 0. The number of benzene rings is 3. The van der Waals surface area contributed by atoms with Gasteiger partial charge in [-0.05, 0) is 53.4 Å². The summed E-state index contributed by atoms with van der Waals surface area (Å²) in [4.78, 5) is 6.15. The molecule has 0 bridgehead atoms. The van der Waals surface area contributed by atoms with Crippen LogP contribution in [-0.4, -0.2) is 34.7 Å². The second-order valence-corrected chi connectivity index (χ2v) is 8.26. The molecule has 5 heteroatoms. The molecule has 0 saturated carbocycles. The second kappa shape index (κ2) is 7.36. The van der Waals surface area contributed by atoms with Gasteiger partial charge in [0.15, 0.2) is 11.5 Å². The van der Waals surface area contributed by atoms with Crippen LogP contribution in [0.15, 0.2) is 66.7 Å². The Morgan fingerprint density at radius 3 is 2.71 bits per heavy atom. The lowest BCUT2D eigenvalue weighted by atomic mass is 9.91. The fraction of sp³-hybridized carbons (Fsp3) is 0.231. The minimum Gasteiger partial charge on any atom is -0.508 e. The molecule has 6 rings (SSSR count). The first kappa shape index (κ1) is 18.3. The molecule has 2 aliphatic rings. The third-order valence-corrected chi connectivity index (χ3v) is 6.31. The van der Waals surface area contributed by atoms with Gasteiger partial charge < -0.3 is 19.6 Å². The number of para-hydroxylation sites is 1. The lowest BCUT2D eigenvalue weighted by molar-refractivity contribution is 0.170. The molecule has 4 aromatic rings. The van der Waals surface area contributed by atoms with Crippen molar-refractivity contribution in [2.75, 3.05) is 19.8 Å². The highest BCUT2D eigenvalue weighted by molar-refractivity contribution is 5.85. The van der Waals surface area contributed by atoms with E-state index in [1.54, 1.807) is 6.07 Å². The first-order chi connectivity index (χ1) is 15.3. The summed E-state index contributed by atoms with van der Waals surface area (Å²) in [5.41, 5.74) is 6.04. The number of ether oxygens (including phenoxy) is 2. The third kappa shape index (κ3) is 3.22. The van der Waals surface area contributed by atoms with Gasteiger partial charge in [0.25, 0.3) is 0 Å². The summed E-state index contributed by atoms with van der Waals surface area (Å²) < 4.78 is 11.5. The van der Waals surface area contributed by atoms with Crippen molar-refractivity contribution in [3.05, 3.63) is 89.1 Å². The number of hydrogen-bond donors (Lipinski definition) is 2. The quantitative estimate of drug-likeness (QED) is 0.508. The molecule has 0 fully saturated rings. The Labute approximate surface area is 180 Å². The molecule has 3 heterocycles. The Morgan fingerprint density at radius 2 is 1.81 bits per heavy atom. The molecule has 1 unspecified atom stereocenters. The van der Waals surface area contributed by atoms with Gasteiger partial charge in [0, 0.05) is 29.7 Å². The monoisotopic (exact) mass is 412 g/mol. The van der Waals surface area contributed by atoms with Gasteiger partial charge >= 0.3 is 0 Å². The third-order valence-electron chi connectivity index (χ3n) is 6.31. The number of hydrogen-bond acceptors (Lipinski definition) is 4. The molecule has 5 nitrogen and oxygen atoms in total. The summed E-state index contributed by atoms with van der Waals surface area (Å²) in [6, 6.07) is 22.4. The number of nitrogens with one attached hydrogen (secondary N) is 1. The van der Waals surface area contributed by atoms with Crippen LogP contribution in [0.3, 0.4) is 0 Å². The van der Waals surface area contributed by atoms with Crippen molar-refractivity contribution < 1.29 is 14.6 Å². The first-order valence-corrected chi connectivity index (χ1v) is 10.8. The molecule has 0 saturated heterocycles. The predicted molar refractivity (Wildman–Crippen MR) is 120 cm³/mol. The molecular weight excluding hydrogens is 388 g/mol. The van der Waals surface area contributed by atoms with E-state index in [-0.39, 0.29) is 6.04 Å². The minimum absolute atomic E-state index is 0.0384. The van der Waals surface area contributed by atoms with Crippen LogP contribution in [-0.2, 0) is 13.0 Å². The topological polar surface area (TPSA) is 57.7 Å². The van der Waals surface area contributed by atoms with Crippen LogP contribution < -0.4 is 9.47 Å². The molecule has 0 spiro atoms. The Balaban J connectivity index is 1.42. The Morgan fingerprint density at radius 1 is 0.935 bits per heavy atom. The number of aromatic hydroxyl groups is 1. The van der Waals surface area contributed by atoms with Crippen molar-refractivity contribution in [3.63, 3.8) is 0 Å². The van der Waals surface area contributed by atoms with Gasteiger partial charge in [-0.25, -0.2) is 0 Å². The van der Waals surface area contributed by atoms with Crippen molar-refractivity contribution >= 4 is 10.9 Å². The number of phenols is 1. The van der Waals surface area contributed by atoms with Crippen LogP contribution >= 0.6 is 0 Å². The minimum atomic E-state index is 0.0384. The Bertz CT molecular complexity index is 1260. The highest BCUT2D eigenvalue weighted by Gasteiger charge is 2.32. The maximum atomic E-state index is 10.2. The van der Waals surface area contributed by atoms with E-state index in [4.69, 9.17) is 9.47 Å².